The van der Waals surface area contributed by atoms with Gasteiger partial charge in [-0.3, -0.25) is 4.79 Å². The summed E-state index contributed by atoms with van der Waals surface area (Å²) in [6, 6.07) is 9.31. The molecule has 3 nitrogen and oxygen atoms in total. The van der Waals surface area contributed by atoms with Crippen LogP contribution in [0.5, 0.6) is 0 Å². The lowest BCUT2D eigenvalue weighted by molar-refractivity contribution is 0.112. The van der Waals surface area contributed by atoms with Crippen molar-refractivity contribution in [2.24, 2.45) is 0 Å². The van der Waals surface area contributed by atoms with Crippen molar-refractivity contribution in [2.75, 3.05) is 0 Å². The Morgan fingerprint density at radius 3 is 2.62 bits per heavy atom. The van der Waals surface area contributed by atoms with E-state index in [-0.39, 0.29) is 0 Å². The van der Waals surface area contributed by atoms with E-state index in [1.54, 1.807) is 34.3 Å². The summed E-state index contributed by atoms with van der Waals surface area (Å²) < 4.78 is 2.72. The van der Waals surface area contributed by atoms with Crippen LogP contribution in [0.15, 0.2) is 40.3 Å². The zero-order valence-electron chi connectivity index (χ0n) is 11.0. The van der Waals surface area contributed by atoms with E-state index in [1.165, 1.54) is 0 Å². The number of hydrogen-bond acceptors (Lipinski definition) is 3. The summed E-state index contributed by atoms with van der Waals surface area (Å²) >= 11 is 11.0. The van der Waals surface area contributed by atoms with E-state index in [0.717, 1.165) is 26.2 Å². The molecular weight excluding hydrogens is 372 g/mol. The van der Waals surface area contributed by atoms with Gasteiger partial charge in [0.1, 0.15) is 5.69 Å². The Balaban J connectivity index is 2.12. The summed E-state index contributed by atoms with van der Waals surface area (Å²) in [5.41, 5.74) is 3.10. The predicted molar refractivity (Wildman–Crippen MR) is 89.7 cm³/mol. The molecule has 0 amide bonds. The van der Waals surface area contributed by atoms with E-state index in [0.29, 0.717) is 16.3 Å². The quantitative estimate of drug-likeness (QED) is 0.589. The number of benzene rings is 1. The molecular formula is C15H10BrClN2OS. The Hall–Kier alpha value is -1.43. The summed E-state index contributed by atoms with van der Waals surface area (Å²) in [4.78, 5) is 12.5. The number of carbonyl (C=O) groups excluding carboxylic acids is 1. The van der Waals surface area contributed by atoms with Crippen molar-refractivity contribution in [3.05, 3.63) is 55.8 Å². The predicted octanol–water partition coefficient (Wildman–Crippen LogP) is 5.14. The number of aromatic nitrogens is 2. The number of nitrogens with zero attached hydrogens (tertiary/aromatic N) is 2. The first-order chi connectivity index (χ1) is 10.1. The van der Waals surface area contributed by atoms with Crippen molar-refractivity contribution in [1.82, 2.24) is 9.78 Å². The molecule has 0 aliphatic rings. The van der Waals surface area contributed by atoms with Crippen molar-refractivity contribution < 1.29 is 4.79 Å². The minimum Gasteiger partial charge on any atom is -0.298 e. The van der Waals surface area contributed by atoms with E-state index >= 15 is 0 Å². The SMILES string of the molecule is Cc1sc(Br)cc1-c1nn(-c2ccc(Cl)cc2)cc1C=O. The van der Waals surface area contributed by atoms with Gasteiger partial charge in [0.15, 0.2) is 6.29 Å². The van der Waals surface area contributed by atoms with Crippen LogP contribution < -0.4 is 0 Å². The van der Waals surface area contributed by atoms with E-state index in [1.807, 2.05) is 25.1 Å². The summed E-state index contributed by atoms with van der Waals surface area (Å²) in [6.07, 6.45) is 2.57. The number of carbonyl (C=O) groups is 1. The third-order valence-corrected chi connectivity index (χ3v) is 4.91. The van der Waals surface area contributed by atoms with Crippen LogP contribution >= 0.6 is 38.9 Å². The van der Waals surface area contributed by atoms with Gasteiger partial charge in [-0.15, -0.1) is 11.3 Å². The second-order valence-corrected chi connectivity index (χ2v) is 7.56. The molecule has 106 valence electrons. The number of halogens is 2. The molecule has 0 saturated heterocycles. The van der Waals surface area contributed by atoms with Gasteiger partial charge in [-0.1, -0.05) is 11.6 Å². The molecule has 0 aliphatic carbocycles. The molecule has 6 heteroatoms. The van der Waals surface area contributed by atoms with Gasteiger partial charge in [-0.2, -0.15) is 5.10 Å². The molecule has 21 heavy (non-hydrogen) atoms. The fourth-order valence-corrected chi connectivity index (χ4v) is 3.91. The molecule has 0 radical (unpaired) electrons. The Kier molecular flexibility index (Phi) is 3.97. The maximum atomic E-state index is 11.3. The highest BCUT2D eigenvalue weighted by molar-refractivity contribution is 9.11. The molecule has 3 aromatic rings. The number of aldehydes is 1. The lowest BCUT2D eigenvalue weighted by atomic mass is 10.1. The molecule has 0 unspecified atom stereocenters. The second-order valence-electron chi connectivity index (χ2n) is 4.49. The van der Waals surface area contributed by atoms with Gasteiger partial charge in [0.05, 0.1) is 15.0 Å². The molecule has 1 aromatic carbocycles. The molecule has 0 fully saturated rings. The molecule has 0 saturated carbocycles. The standard InChI is InChI=1S/C15H10BrClN2OS/c1-9-13(6-14(16)21-9)15-10(8-20)7-19(18-15)12-4-2-11(17)3-5-12/h2-8H,1H3. The monoisotopic (exact) mass is 380 g/mol. The highest BCUT2D eigenvalue weighted by Gasteiger charge is 2.15. The average molecular weight is 382 g/mol. The second kappa shape index (κ2) is 5.75. The van der Waals surface area contributed by atoms with E-state index < -0.39 is 0 Å². The third kappa shape index (κ3) is 2.81. The summed E-state index contributed by atoms with van der Waals surface area (Å²) in [5.74, 6) is 0. The normalized spacial score (nSPS) is 10.8. The first kappa shape index (κ1) is 14.5. The molecule has 0 spiro atoms. The van der Waals surface area contributed by atoms with Crippen LogP contribution in [0.2, 0.25) is 5.02 Å². The summed E-state index contributed by atoms with van der Waals surface area (Å²) in [7, 11) is 0. The van der Waals surface area contributed by atoms with Crippen LogP contribution in [0, 0.1) is 6.92 Å². The zero-order valence-corrected chi connectivity index (χ0v) is 14.2. The van der Waals surface area contributed by atoms with Crippen molar-refractivity contribution in [1.29, 1.82) is 0 Å². The topological polar surface area (TPSA) is 34.9 Å². The smallest absolute Gasteiger partial charge is 0.153 e. The Labute approximate surface area is 139 Å². The summed E-state index contributed by atoms with van der Waals surface area (Å²) in [6.45, 7) is 2.01. The van der Waals surface area contributed by atoms with E-state index in [4.69, 9.17) is 11.6 Å². The van der Waals surface area contributed by atoms with E-state index in [9.17, 15) is 4.79 Å². The van der Waals surface area contributed by atoms with Crippen molar-refractivity contribution in [2.45, 2.75) is 6.92 Å². The van der Waals surface area contributed by atoms with Crippen LogP contribution in [0.1, 0.15) is 15.2 Å². The third-order valence-electron chi connectivity index (χ3n) is 3.10. The highest BCUT2D eigenvalue weighted by atomic mass is 79.9. The van der Waals surface area contributed by atoms with Crippen LogP contribution in [0.25, 0.3) is 16.9 Å². The van der Waals surface area contributed by atoms with Gasteiger partial charge in [-0.05, 0) is 53.2 Å². The van der Waals surface area contributed by atoms with Crippen LogP contribution in [-0.2, 0) is 0 Å². The Bertz CT molecular complexity index is 808. The lowest BCUT2D eigenvalue weighted by Gasteiger charge is -2.00. The number of rotatable bonds is 3. The molecule has 2 heterocycles. The lowest BCUT2D eigenvalue weighted by Crippen LogP contribution is -1.94. The van der Waals surface area contributed by atoms with Crippen molar-refractivity contribution in [3.63, 3.8) is 0 Å². The molecule has 0 bridgehead atoms. The molecule has 0 atom stereocenters. The van der Waals surface area contributed by atoms with Crippen molar-refractivity contribution in [3.8, 4) is 16.9 Å². The highest BCUT2D eigenvalue weighted by Crippen LogP contribution is 2.34. The fraction of sp³-hybridized carbons (Fsp3) is 0.0667. The minimum absolute atomic E-state index is 0.568. The largest absolute Gasteiger partial charge is 0.298 e. The summed E-state index contributed by atoms with van der Waals surface area (Å²) in [5, 5.41) is 5.22. The average Bonchev–Trinajstić information content (AvgIpc) is 3.02. The van der Waals surface area contributed by atoms with E-state index in [2.05, 4.69) is 21.0 Å². The van der Waals surface area contributed by atoms with Crippen LogP contribution in [-0.4, -0.2) is 16.1 Å². The number of hydrogen-bond donors (Lipinski definition) is 0. The molecule has 0 aliphatic heterocycles. The first-order valence-corrected chi connectivity index (χ1v) is 8.14. The number of aryl methyl sites for hydroxylation is 1. The Morgan fingerprint density at radius 2 is 2.05 bits per heavy atom. The molecule has 0 N–H and O–H groups in total. The van der Waals surface area contributed by atoms with Gasteiger partial charge < -0.3 is 0 Å². The Morgan fingerprint density at radius 1 is 1.33 bits per heavy atom. The number of thiophene rings is 1. The van der Waals surface area contributed by atoms with Crippen LogP contribution in [0.4, 0.5) is 0 Å². The van der Waals surface area contributed by atoms with Gasteiger partial charge >= 0.3 is 0 Å². The maximum Gasteiger partial charge on any atom is 0.153 e. The zero-order chi connectivity index (χ0) is 15.0. The van der Waals surface area contributed by atoms with Gasteiger partial charge in [0.2, 0.25) is 0 Å². The first-order valence-electron chi connectivity index (χ1n) is 6.15. The molecule has 3 rings (SSSR count). The minimum atomic E-state index is 0.568. The molecule has 2 aromatic heterocycles. The van der Waals surface area contributed by atoms with Gasteiger partial charge in [-0.25, -0.2) is 4.68 Å². The maximum absolute atomic E-state index is 11.3. The van der Waals surface area contributed by atoms with Crippen molar-refractivity contribution >= 4 is 45.2 Å². The van der Waals surface area contributed by atoms with Gasteiger partial charge in [0.25, 0.3) is 0 Å². The van der Waals surface area contributed by atoms with Crippen LogP contribution in [0.3, 0.4) is 0 Å². The fourth-order valence-electron chi connectivity index (χ4n) is 2.09. The van der Waals surface area contributed by atoms with Gasteiger partial charge in [0, 0.05) is 21.7 Å².